The van der Waals surface area contributed by atoms with Crippen LogP contribution in [0.4, 0.5) is 11.8 Å². The summed E-state index contributed by atoms with van der Waals surface area (Å²) in [6, 6.07) is 9.11. The molecular weight excluding hydrogens is 268 g/mol. The molecule has 0 saturated carbocycles. The lowest BCUT2D eigenvalue weighted by molar-refractivity contribution is 0.103. The Kier molecular flexibility index (Phi) is 3.62. The Morgan fingerprint density at radius 2 is 1.90 bits per heavy atom. The summed E-state index contributed by atoms with van der Waals surface area (Å²) < 4.78 is 7.11. The van der Waals surface area contributed by atoms with Crippen LogP contribution in [0.15, 0.2) is 30.3 Å². The van der Waals surface area contributed by atoms with E-state index < -0.39 is 0 Å². The van der Waals surface area contributed by atoms with Crippen LogP contribution in [0.5, 0.6) is 0 Å². The van der Waals surface area contributed by atoms with Gasteiger partial charge in [-0.15, -0.1) is 0 Å². The van der Waals surface area contributed by atoms with Gasteiger partial charge in [0.2, 0.25) is 11.7 Å². The van der Waals surface area contributed by atoms with E-state index >= 15 is 0 Å². The predicted octanol–water partition coefficient (Wildman–Crippen LogP) is 1.07. The molecule has 0 unspecified atom stereocenters. The van der Waals surface area contributed by atoms with Crippen LogP contribution < -0.4 is 10.6 Å². The number of rotatable bonds is 3. The zero-order valence-corrected chi connectivity index (χ0v) is 12.0. The van der Waals surface area contributed by atoms with E-state index in [9.17, 15) is 4.79 Å². The van der Waals surface area contributed by atoms with Gasteiger partial charge in [-0.2, -0.15) is 4.98 Å². The molecule has 0 amide bonds. The first-order valence-electron chi connectivity index (χ1n) is 6.93. The van der Waals surface area contributed by atoms with Gasteiger partial charge in [-0.05, 0) is 0 Å². The number of ketones is 1. The highest BCUT2D eigenvalue weighted by Crippen LogP contribution is 2.23. The van der Waals surface area contributed by atoms with Gasteiger partial charge in [0.25, 0.3) is 0 Å². The van der Waals surface area contributed by atoms with E-state index in [0.717, 1.165) is 19.0 Å². The van der Waals surface area contributed by atoms with Gasteiger partial charge in [-0.1, -0.05) is 30.3 Å². The van der Waals surface area contributed by atoms with Gasteiger partial charge >= 0.3 is 0 Å². The molecule has 1 aliphatic rings. The van der Waals surface area contributed by atoms with Crippen molar-refractivity contribution < 1.29 is 9.53 Å². The van der Waals surface area contributed by atoms with Gasteiger partial charge < -0.3 is 19.9 Å². The van der Waals surface area contributed by atoms with Gasteiger partial charge in [-0.25, -0.2) is 0 Å². The maximum Gasteiger partial charge on any atom is 0.213 e. The Hall–Kier alpha value is -2.34. The Balaban J connectivity index is 1.96. The van der Waals surface area contributed by atoms with Crippen LogP contribution in [0.25, 0.3) is 0 Å². The molecule has 1 aliphatic heterocycles. The number of hydrogen-bond donors (Lipinski definition) is 1. The average Bonchev–Trinajstić information content (AvgIpc) is 2.83. The van der Waals surface area contributed by atoms with E-state index in [1.807, 2.05) is 25.2 Å². The number of carbonyl (C=O) groups excluding carboxylic acids is 1. The van der Waals surface area contributed by atoms with Crippen molar-refractivity contribution >= 4 is 17.5 Å². The fourth-order valence-corrected chi connectivity index (χ4v) is 2.55. The molecule has 0 aliphatic carbocycles. The number of morpholine rings is 1. The maximum atomic E-state index is 12.6. The molecule has 1 aromatic carbocycles. The van der Waals surface area contributed by atoms with Crippen LogP contribution in [-0.4, -0.2) is 41.6 Å². The molecule has 6 heteroatoms. The van der Waals surface area contributed by atoms with E-state index in [0.29, 0.717) is 24.5 Å². The minimum Gasteiger partial charge on any atom is -0.382 e. The molecule has 0 radical (unpaired) electrons. The molecule has 2 heterocycles. The van der Waals surface area contributed by atoms with Crippen molar-refractivity contribution in [1.29, 1.82) is 0 Å². The van der Waals surface area contributed by atoms with E-state index in [1.54, 1.807) is 16.7 Å². The van der Waals surface area contributed by atoms with Crippen LogP contribution in [0.3, 0.4) is 0 Å². The summed E-state index contributed by atoms with van der Waals surface area (Å²) in [5.74, 6) is 0.880. The number of nitrogens with zero attached hydrogens (tertiary/aromatic N) is 3. The zero-order valence-electron chi connectivity index (χ0n) is 12.0. The highest BCUT2D eigenvalue weighted by atomic mass is 16.5. The molecule has 21 heavy (non-hydrogen) atoms. The quantitative estimate of drug-likeness (QED) is 0.854. The highest BCUT2D eigenvalue weighted by molar-refractivity contribution is 6.10. The first-order chi connectivity index (χ1) is 10.2. The summed E-state index contributed by atoms with van der Waals surface area (Å²) >= 11 is 0. The molecule has 0 bridgehead atoms. The van der Waals surface area contributed by atoms with Gasteiger partial charge in [0.05, 0.1) is 13.2 Å². The van der Waals surface area contributed by atoms with Crippen LogP contribution in [-0.2, 0) is 11.8 Å². The Morgan fingerprint density at radius 3 is 2.57 bits per heavy atom. The van der Waals surface area contributed by atoms with E-state index in [4.69, 9.17) is 10.5 Å². The lowest BCUT2D eigenvalue weighted by Crippen LogP contribution is -2.37. The summed E-state index contributed by atoms with van der Waals surface area (Å²) in [4.78, 5) is 19.1. The molecule has 0 atom stereocenters. The van der Waals surface area contributed by atoms with Crippen molar-refractivity contribution in [1.82, 2.24) is 9.55 Å². The molecule has 0 spiro atoms. The average molecular weight is 286 g/mol. The molecule has 2 N–H and O–H groups in total. The number of carbonyl (C=O) groups is 1. The number of aromatic nitrogens is 2. The number of ether oxygens (including phenoxy) is 1. The predicted molar refractivity (Wildman–Crippen MR) is 80.5 cm³/mol. The number of nitrogens with two attached hydrogens (primary N) is 1. The van der Waals surface area contributed by atoms with Gasteiger partial charge in [-0.3, -0.25) is 4.79 Å². The van der Waals surface area contributed by atoms with Gasteiger partial charge in [0, 0.05) is 25.7 Å². The number of nitrogen functional groups attached to an aromatic ring is 1. The third kappa shape index (κ3) is 2.50. The topological polar surface area (TPSA) is 73.4 Å². The molecule has 1 fully saturated rings. The van der Waals surface area contributed by atoms with Crippen molar-refractivity contribution in [3.8, 4) is 0 Å². The second-order valence-electron chi connectivity index (χ2n) is 5.00. The molecule has 6 nitrogen and oxygen atoms in total. The SMILES string of the molecule is Cn1c(N2CCOCC2)nc(N)c1C(=O)c1ccccc1. The van der Waals surface area contributed by atoms with Crippen molar-refractivity contribution in [3.05, 3.63) is 41.6 Å². The third-order valence-corrected chi connectivity index (χ3v) is 3.64. The monoisotopic (exact) mass is 286 g/mol. The third-order valence-electron chi connectivity index (χ3n) is 3.64. The summed E-state index contributed by atoms with van der Waals surface area (Å²) in [6.07, 6.45) is 0. The lowest BCUT2D eigenvalue weighted by Gasteiger charge is -2.27. The summed E-state index contributed by atoms with van der Waals surface area (Å²) in [5, 5.41) is 0. The number of benzene rings is 1. The van der Waals surface area contributed by atoms with Gasteiger partial charge in [0.15, 0.2) is 5.82 Å². The van der Waals surface area contributed by atoms with Crippen molar-refractivity contribution in [2.75, 3.05) is 36.9 Å². The van der Waals surface area contributed by atoms with Crippen molar-refractivity contribution in [2.24, 2.45) is 7.05 Å². The van der Waals surface area contributed by atoms with Crippen LogP contribution >= 0.6 is 0 Å². The number of hydrogen-bond acceptors (Lipinski definition) is 5. The summed E-state index contributed by atoms with van der Waals surface area (Å²) in [7, 11) is 1.82. The number of anilines is 2. The minimum absolute atomic E-state index is 0.109. The smallest absolute Gasteiger partial charge is 0.213 e. The van der Waals surface area contributed by atoms with Crippen LogP contribution in [0.2, 0.25) is 0 Å². The Bertz CT molecular complexity index is 645. The lowest BCUT2D eigenvalue weighted by atomic mass is 10.1. The molecule has 1 saturated heterocycles. The second kappa shape index (κ2) is 5.57. The normalized spacial score (nSPS) is 15.2. The molecular formula is C15H18N4O2. The minimum atomic E-state index is -0.109. The van der Waals surface area contributed by atoms with Crippen LogP contribution in [0.1, 0.15) is 16.1 Å². The summed E-state index contributed by atoms with van der Waals surface area (Å²) in [5.41, 5.74) is 7.02. The number of imidazole rings is 1. The fraction of sp³-hybridized carbons (Fsp3) is 0.333. The highest BCUT2D eigenvalue weighted by Gasteiger charge is 2.24. The van der Waals surface area contributed by atoms with Crippen molar-refractivity contribution in [3.63, 3.8) is 0 Å². The van der Waals surface area contributed by atoms with Crippen LogP contribution in [0, 0.1) is 0 Å². The first kappa shape index (κ1) is 13.6. The fourth-order valence-electron chi connectivity index (χ4n) is 2.55. The van der Waals surface area contributed by atoms with E-state index in [1.165, 1.54) is 0 Å². The summed E-state index contributed by atoms with van der Waals surface area (Å²) in [6.45, 7) is 2.83. The Labute approximate surface area is 123 Å². The largest absolute Gasteiger partial charge is 0.382 e. The first-order valence-corrected chi connectivity index (χ1v) is 6.93. The maximum absolute atomic E-state index is 12.6. The molecule has 2 aromatic rings. The molecule has 1 aromatic heterocycles. The molecule has 3 rings (SSSR count). The zero-order chi connectivity index (χ0) is 14.8. The van der Waals surface area contributed by atoms with Gasteiger partial charge in [0.1, 0.15) is 5.69 Å². The second-order valence-corrected chi connectivity index (χ2v) is 5.00. The Morgan fingerprint density at radius 1 is 1.24 bits per heavy atom. The van der Waals surface area contributed by atoms with E-state index in [2.05, 4.69) is 9.88 Å². The van der Waals surface area contributed by atoms with E-state index in [-0.39, 0.29) is 11.6 Å². The van der Waals surface area contributed by atoms with Crippen molar-refractivity contribution in [2.45, 2.75) is 0 Å². The molecule has 110 valence electrons. The standard InChI is InChI=1S/C15H18N4O2/c1-18-12(13(20)11-5-3-2-4-6-11)14(16)17-15(18)19-7-9-21-10-8-19/h2-6H,7-10,16H2,1H3.